The van der Waals surface area contributed by atoms with E-state index >= 15 is 0 Å². The van der Waals surface area contributed by atoms with Crippen LogP contribution in [0.1, 0.15) is 43.3 Å². The van der Waals surface area contributed by atoms with Crippen molar-refractivity contribution in [1.82, 2.24) is 19.9 Å². The first-order chi connectivity index (χ1) is 11.9. The first-order valence-corrected chi connectivity index (χ1v) is 8.44. The van der Waals surface area contributed by atoms with Gasteiger partial charge in [0.05, 0.1) is 25.4 Å². The molecule has 1 aromatic carbocycles. The number of rotatable bonds is 3. The van der Waals surface area contributed by atoms with Gasteiger partial charge in [0.15, 0.2) is 0 Å². The third kappa shape index (κ3) is 3.99. The molecule has 1 N–H and O–H groups in total. The summed E-state index contributed by atoms with van der Waals surface area (Å²) in [4.78, 5) is 13.9. The molecule has 0 spiro atoms. The SMILES string of the molecule is CC(C)(C)OC(=O)N1CCc2c(nnn2Cc2ccccc2CO)C1. The summed E-state index contributed by atoms with van der Waals surface area (Å²) < 4.78 is 7.29. The number of amides is 1. The molecule has 1 amide bonds. The Morgan fingerprint density at radius 1 is 1.28 bits per heavy atom. The Morgan fingerprint density at radius 3 is 2.68 bits per heavy atom. The van der Waals surface area contributed by atoms with Crippen LogP contribution in [0.15, 0.2) is 24.3 Å². The summed E-state index contributed by atoms with van der Waals surface area (Å²) in [5.74, 6) is 0. The standard InChI is InChI=1S/C18H24N4O3/c1-18(2,3)25-17(24)21-9-8-16-15(11-21)19-20-22(16)10-13-6-4-5-7-14(13)12-23/h4-7,23H,8-12H2,1-3H3. The maximum Gasteiger partial charge on any atom is 0.410 e. The van der Waals surface area contributed by atoms with Crippen LogP contribution in [0.5, 0.6) is 0 Å². The van der Waals surface area contributed by atoms with Gasteiger partial charge in [-0.3, -0.25) is 0 Å². The second-order valence-electron chi connectivity index (χ2n) is 7.22. The molecule has 2 aromatic rings. The summed E-state index contributed by atoms with van der Waals surface area (Å²) in [6, 6.07) is 7.74. The van der Waals surface area contributed by atoms with Gasteiger partial charge in [0.1, 0.15) is 11.3 Å². The zero-order valence-corrected chi connectivity index (χ0v) is 14.9. The molecule has 0 bridgehead atoms. The van der Waals surface area contributed by atoms with E-state index in [0.717, 1.165) is 22.5 Å². The molecule has 7 heteroatoms. The summed E-state index contributed by atoms with van der Waals surface area (Å²) in [7, 11) is 0. The molecular weight excluding hydrogens is 320 g/mol. The number of carbonyl (C=O) groups is 1. The zero-order valence-electron chi connectivity index (χ0n) is 14.9. The minimum atomic E-state index is -0.511. The van der Waals surface area contributed by atoms with Crippen LogP contribution < -0.4 is 0 Å². The average molecular weight is 344 g/mol. The average Bonchev–Trinajstić information content (AvgIpc) is 2.96. The number of nitrogens with zero attached hydrogens (tertiary/aromatic N) is 4. The monoisotopic (exact) mass is 344 g/mol. The van der Waals surface area contributed by atoms with Gasteiger partial charge >= 0.3 is 6.09 Å². The van der Waals surface area contributed by atoms with Crippen molar-refractivity contribution in [2.24, 2.45) is 0 Å². The van der Waals surface area contributed by atoms with E-state index in [1.807, 2.05) is 49.7 Å². The maximum atomic E-state index is 12.2. The van der Waals surface area contributed by atoms with Crippen LogP contribution in [0.25, 0.3) is 0 Å². The minimum absolute atomic E-state index is 0.000513. The molecular formula is C18H24N4O3. The second kappa shape index (κ2) is 6.84. The van der Waals surface area contributed by atoms with Crippen LogP contribution in [-0.2, 0) is 30.9 Å². The topological polar surface area (TPSA) is 80.5 Å². The highest BCUT2D eigenvalue weighted by Gasteiger charge is 2.28. The zero-order chi connectivity index (χ0) is 18.0. The number of carbonyl (C=O) groups excluding carboxylic acids is 1. The van der Waals surface area contributed by atoms with Crippen molar-refractivity contribution in [2.75, 3.05) is 6.54 Å². The fraction of sp³-hybridized carbons (Fsp3) is 0.500. The van der Waals surface area contributed by atoms with E-state index in [0.29, 0.717) is 26.1 Å². The van der Waals surface area contributed by atoms with Gasteiger partial charge in [-0.1, -0.05) is 29.5 Å². The van der Waals surface area contributed by atoms with E-state index in [4.69, 9.17) is 4.74 Å². The number of hydrogen-bond acceptors (Lipinski definition) is 5. The van der Waals surface area contributed by atoms with Crippen LogP contribution in [0, 0.1) is 0 Å². The van der Waals surface area contributed by atoms with Gasteiger partial charge in [0.2, 0.25) is 0 Å². The van der Waals surface area contributed by atoms with Crippen molar-refractivity contribution < 1.29 is 14.6 Å². The van der Waals surface area contributed by atoms with Crippen LogP contribution in [0.2, 0.25) is 0 Å². The fourth-order valence-corrected chi connectivity index (χ4v) is 2.90. The summed E-state index contributed by atoms with van der Waals surface area (Å²) in [6.07, 6.45) is 0.362. The largest absolute Gasteiger partial charge is 0.444 e. The van der Waals surface area contributed by atoms with E-state index in [1.165, 1.54) is 0 Å². The number of aliphatic hydroxyl groups is 1. The molecule has 0 unspecified atom stereocenters. The lowest BCUT2D eigenvalue weighted by Crippen LogP contribution is -2.40. The first kappa shape index (κ1) is 17.4. The molecule has 0 radical (unpaired) electrons. The summed E-state index contributed by atoms with van der Waals surface area (Å²) >= 11 is 0. The highest BCUT2D eigenvalue weighted by molar-refractivity contribution is 5.68. The van der Waals surface area contributed by atoms with E-state index in [1.54, 1.807) is 4.90 Å². The third-order valence-electron chi connectivity index (χ3n) is 4.14. The molecule has 1 aliphatic heterocycles. The number of fused-ring (bicyclic) bond motifs is 1. The fourth-order valence-electron chi connectivity index (χ4n) is 2.90. The quantitative estimate of drug-likeness (QED) is 0.922. The Labute approximate surface area is 147 Å². The van der Waals surface area contributed by atoms with E-state index in [-0.39, 0.29) is 12.7 Å². The van der Waals surface area contributed by atoms with Gasteiger partial charge in [-0.15, -0.1) is 5.10 Å². The number of ether oxygens (including phenoxy) is 1. The second-order valence-corrected chi connectivity index (χ2v) is 7.22. The molecule has 0 fully saturated rings. The van der Waals surface area contributed by atoms with Crippen LogP contribution in [0.4, 0.5) is 4.79 Å². The van der Waals surface area contributed by atoms with Crippen molar-refractivity contribution in [3.8, 4) is 0 Å². The Morgan fingerprint density at radius 2 is 2.00 bits per heavy atom. The molecule has 0 saturated heterocycles. The predicted octanol–water partition coefficient (Wildman–Crippen LogP) is 2.11. The molecule has 7 nitrogen and oxygen atoms in total. The first-order valence-electron chi connectivity index (χ1n) is 8.44. The van der Waals surface area contributed by atoms with Crippen LogP contribution in [-0.4, -0.2) is 43.2 Å². The Bertz CT molecular complexity index is 764. The lowest BCUT2D eigenvalue weighted by Gasteiger charge is -2.29. The normalized spacial score (nSPS) is 14.3. The van der Waals surface area contributed by atoms with Gasteiger partial charge in [0, 0.05) is 13.0 Å². The summed E-state index contributed by atoms with van der Waals surface area (Å²) in [6.45, 7) is 7.12. The number of aromatic nitrogens is 3. The van der Waals surface area contributed by atoms with Crippen molar-refractivity contribution in [3.63, 3.8) is 0 Å². The van der Waals surface area contributed by atoms with E-state index in [2.05, 4.69) is 10.3 Å². The van der Waals surface area contributed by atoms with Crippen molar-refractivity contribution in [3.05, 3.63) is 46.8 Å². The highest BCUT2D eigenvalue weighted by atomic mass is 16.6. The molecule has 3 rings (SSSR count). The van der Waals surface area contributed by atoms with Crippen LogP contribution >= 0.6 is 0 Å². The van der Waals surface area contributed by atoms with Gasteiger partial charge < -0.3 is 14.7 Å². The number of benzene rings is 1. The molecule has 0 atom stereocenters. The van der Waals surface area contributed by atoms with Crippen molar-refractivity contribution in [1.29, 1.82) is 0 Å². The van der Waals surface area contributed by atoms with Crippen molar-refractivity contribution >= 4 is 6.09 Å². The number of aliphatic hydroxyl groups excluding tert-OH is 1. The van der Waals surface area contributed by atoms with Gasteiger partial charge in [-0.2, -0.15) is 0 Å². The minimum Gasteiger partial charge on any atom is -0.444 e. The lowest BCUT2D eigenvalue weighted by atomic mass is 10.1. The molecule has 134 valence electrons. The Hall–Kier alpha value is -2.41. The number of hydrogen-bond donors (Lipinski definition) is 1. The summed E-state index contributed by atoms with van der Waals surface area (Å²) in [5, 5.41) is 18.0. The van der Waals surface area contributed by atoms with Crippen molar-refractivity contribution in [2.45, 2.75) is 52.5 Å². The third-order valence-corrected chi connectivity index (χ3v) is 4.14. The van der Waals surface area contributed by atoms with Crippen LogP contribution in [0.3, 0.4) is 0 Å². The predicted molar refractivity (Wildman–Crippen MR) is 91.8 cm³/mol. The van der Waals surface area contributed by atoms with Gasteiger partial charge in [0.25, 0.3) is 0 Å². The summed E-state index contributed by atoms with van der Waals surface area (Å²) in [5.41, 5.74) is 3.24. The van der Waals surface area contributed by atoms with Gasteiger partial charge in [-0.05, 0) is 31.9 Å². The molecule has 2 heterocycles. The molecule has 0 aliphatic carbocycles. The molecule has 25 heavy (non-hydrogen) atoms. The van der Waals surface area contributed by atoms with E-state index < -0.39 is 5.60 Å². The molecule has 0 saturated carbocycles. The Kier molecular flexibility index (Phi) is 4.76. The molecule has 1 aromatic heterocycles. The highest BCUT2D eigenvalue weighted by Crippen LogP contribution is 2.20. The molecule has 1 aliphatic rings. The Balaban J connectivity index is 1.74. The van der Waals surface area contributed by atoms with E-state index in [9.17, 15) is 9.90 Å². The van der Waals surface area contributed by atoms with Gasteiger partial charge in [-0.25, -0.2) is 9.48 Å². The smallest absolute Gasteiger partial charge is 0.410 e. The lowest BCUT2D eigenvalue weighted by molar-refractivity contribution is 0.0220. The maximum absolute atomic E-state index is 12.2.